The number of benzene rings is 1. The van der Waals surface area contributed by atoms with E-state index in [-0.39, 0.29) is 11.9 Å². The quantitative estimate of drug-likeness (QED) is 0.736. The molecule has 0 bridgehead atoms. The number of hydrogen-bond donors (Lipinski definition) is 1. The summed E-state index contributed by atoms with van der Waals surface area (Å²) in [6.45, 7) is 4.51. The fourth-order valence-electron chi connectivity index (χ4n) is 3.87. The highest BCUT2D eigenvalue weighted by Crippen LogP contribution is 2.24. The third-order valence-electron chi connectivity index (χ3n) is 5.61. The van der Waals surface area contributed by atoms with Crippen molar-refractivity contribution in [3.63, 3.8) is 0 Å². The topological polar surface area (TPSA) is 69.7 Å². The number of hydrogen-bond acceptors (Lipinski definition) is 4. The van der Waals surface area contributed by atoms with Crippen molar-refractivity contribution in [1.82, 2.24) is 14.5 Å². The number of halogens is 1. The summed E-state index contributed by atoms with van der Waals surface area (Å²) in [7, 11) is -3.48. The molecule has 0 radical (unpaired) electrons. The van der Waals surface area contributed by atoms with E-state index in [2.05, 4.69) is 28.2 Å². The maximum Gasteiger partial charge on any atom is 0.243 e. The van der Waals surface area contributed by atoms with Gasteiger partial charge in [-0.05, 0) is 43.0 Å². The molecule has 1 aliphatic heterocycles. The number of amides is 1. The fraction of sp³-hybridized carbons (Fsp3) is 0.632. The molecule has 2 fully saturated rings. The summed E-state index contributed by atoms with van der Waals surface area (Å²) in [5.74, 6) is 0.591. The van der Waals surface area contributed by atoms with Crippen LogP contribution in [0.1, 0.15) is 32.6 Å². The fourth-order valence-corrected chi connectivity index (χ4v) is 5.56. The molecule has 1 aromatic rings. The van der Waals surface area contributed by atoms with Crippen LogP contribution in [0.5, 0.6) is 0 Å². The van der Waals surface area contributed by atoms with Crippen molar-refractivity contribution >= 4 is 31.9 Å². The average Bonchev–Trinajstić information content (AvgIpc) is 2.64. The maximum absolute atomic E-state index is 12.7. The molecule has 1 heterocycles. The van der Waals surface area contributed by atoms with Gasteiger partial charge in [0.2, 0.25) is 15.9 Å². The molecule has 3 rings (SSSR count). The molecular formula is C19H28BrN3O3S. The van der Waals surface area contributed by atoms with Crippen LogP contribution in [0.4, 0.5) is 0 Å². The van der Waals surface area contributed by atoms with E-state index in [4.69, 9.17) is 0 Å². The van der Waals surface area contributed by atoms with Gasteiger partial charge in [-0.25, -0.2) is 8.42 Å². The Morgan fingerprint density at radius 1 is 1.11 bits per heavy atom. The third-order valence-corrected chi connectivity index (χ3v) is 8.05. The highest BCUT2D eigenvalue weighted by molar-refractivity contribution is 9.10. The summed E-state index contributed by atoms with van der Waals surface area (Å²) in [5.41, 5.74) is 0. The zero-order chi connectivity index (χ0) is 19.4. The molecule has 1 N–H and O–H groups in total. The molecule has 0 aromatic heterocycles. The molecule has 1 aliphatic carbocycles. The number of rotatable bonds is 5. The molecule has 1 amide bonds. The van der Waals surface area contributed by atoms with E-state index in [1.54, 1.807) is 24.3 Å². The maximum atomic E-state index is 12.7. The Labute approximate surface area is 170 Å². The van der Waals surface area contributed by atoms with Gasteiger partial charge < -0.3 is 5.32 Å². The summed E-state index contributed by atoms with van der Waals surface area (Å²) in [4.78, 5) is 14.7. The highest BCUT2D eigenvalue weighted by Gasteiger charge is 2.29. The van der Waals surface area contributed by atoms with Crippen LogP contribution >= 0.6 is 15.9 Å². The van der Waals surface area contributed by atoms with E-state index >= 15 is 0 Å². The summed E-state index contributed by atoms with van der Waals surface area (Å²) < 4.78 is 27.8. The lowest BCUT2D eigenvalue weighted by Crippen LogP contribution is -2.52. The van der Waals surface area contributed by atoms with Gasteiger partial charge in [-0.15, -0.1) is 0 Å². The van der Waals surface area contributed by atoms with Crippen molar-refractivity contribution in [2.45, 2.75) is 43.5 Å². The van der Waals surface area contributed by atoms with Gasteiger partial charge in [0.25, 0.3) is 0 Å². The van der Waals surface area contributed by atoms with Crippen LogP contribution in [0.25, 0.3) is 0 Å². The minimum atomic E-state index is -3.48. The van der Waals surface area contributed by atoms with Crippen LogP contribution in [0.3, 0.4) is 0 Å². The Morgan fingerprint density at radius 3 is 2.37 bits per heavy atom. The van der Waals surface area contributed by atoms with Gasteiger partial charge in [-0.3, -0.25) is 9.69 Å². The monoisotopic (exact) mass is 457 g/mol. The van der Waals surface area contributed by atoms with E-state index in [1.165, 1.54) is 23.6 Å². The minimum absolute atomic E-state index is 0.0537. The molecule has 1 saturated carbocycles. The average molecular weight is 458 g/mol. The Balaban J connectivity index is 1.49. The predicted molar refractivity (Wildman–Crippen MR) is 109 cm³/mol. The van der Waals surface area contributed by atoms with Crippen LogP contribution in [0.2, 0.25) is 0 Å². The number of nitrogens with zero attached hydrogens (tertiary/aromatic N) is 2. The first-order chi connectivity index (χ1) is 12.9. The van der Waals surface area contributed by atoms with Crippen molar-refractivity contribution in [1.29, 1.82) is 0 Å². The number of carbonyl (C=O) groups excluding carboxylic acids is 1. The van der Waals surface area contributed by atoms with E-state index < -0.39 is 10.0 Å². The van der Waals surface area contributed by atoms with Gasteiger partial charge in [-0.2, -0.15) is 4.31 Å². The molecule has 27 heavy (non-hydrogen) atoms. The molecule has 2 atom stereocenters. The zero-order valence-corrected chi connectivity index (χ0v) is 18.1. The summed E-state index contributed by atoms with van der Waals surface area (Å²) in [6.07, 6.45) is 4.67. The highest BCUT2D eigenvalue weighted by atomic mass is 79.9. The first-order valence-corrected chi connectivity index (χ1v) is 11.9. The van der Waals surface area contributed by atoms with Crippen molar-refractivity contribution < 1.29 is 13.2 Å². The van der Waals surface area contributed by atoms with Crippen LogP contribution in [-0.2, 0) is 14.8 Å². The molecule has 0 spiro atoms. The van der Waals surface area contributed by atoms with Crippen molar-refractivity contribution in [3.8, 4) is 0 Å². The number of carbonyl (C=O) groups is 1. The Bertz CT molecular complexity index is 746. The standard InChI is InChI=1S/C19H28BrN3O3S/c1-15-4-2-3-5-18(15)21-19(24)14-22-10-12-23(13-11-22)27(25,26)17-8-6-16(20)7-9-17/h6-9,15,18H,2-5,10-14H2,1H3,(H,21,24)/t15-,18+/m0/s1. The third kappa shape index (κ3) is 5.31. The smallest absolute Gasteiger partial charge is 0.243 e. The molecule has 150 valence electrons. The van der Waals surface area contributed by atoms with Crippen molar-refractivity contribution in [3.05, 3.63) is 28.7 Å². The number of piperazine rings is 1. The number of sulfonamides is 1. The van der Waals surface area contributed by atoms with E-state index in [1.807, 2.05) is 4.90 Å². The van der Waals surface area contributed by atoms with Gasteiger partial charge in [0.1, 0.15) is 0 Å². The van der Waals surface area contributed by atoms with Crippen molar-refractivity contribution in [2.24, 2.45) is 5.92 Å². The van der Waals surface area contributed by atoms with E-state index in [0.717, 1.165) is 10.9 Å². The lowest BCUT2D eigenvalue weighted by atomic mass is 9.86. The SMILES string of the molecule is C[C@H]1CCCC[C@H]1NC(=O)CN1CCN(S(=O)(=O)c2ccc(Br)cc2)CC1. The second-order valence-corrected chi connectivity index (χ2v) is 10.4. The van der Waals surface area contributed by atoms with Crippen molar-refractivity contribution in [2.75, 3.05) is 32.7 Å². The second-order valence-electron chi connectivity index (χ2n) is 7.57. The van der Waals surface area contributed by atoms with E-state index in [9.17, 15) is 13.2 Å². The summed E-state index contributed by atoms with van der Waals surface area (Å²) in [6, 6.07) is 6.99. The lowest BCUT2D eigenvalue weighted by molar-refractivity contribution is -0.123. The Kier molecular flexibility index (Phi) is 6.94. The molecule has 8 heteroatoms. The van der Waals surface area contributed by atoms with Gasteiger partial charge in [0.05, 0.1) is 11.4 Å². The molecule has 1 aromatic carbocycles. The molecule has 6 nitrogen and oxygen atoms in total. The molecular weight excluding hydrogens is 430 g/mol. The van der Waals surface area contributed by atoms with Gasteiger partial charge in [-0.1, -0.05) is 35.7 Å². The Hall–Kier alpha value is -0.960. The summed E-state index contributed by atoms with van der Waals surface area (Å²) >= 11 is 3.33. The Morgan fingerprint density at radius 2 is 1.74 bits per heavy atom. The predicted octanol–water partition coefficient (Wildman–Crippen LogP) is 2.45. The molecule has 1 saturated heterocycles. The van der Waals surface area contributed by atoms with Crippen LogP contribution in [0.15, 0.2) is 33.6 Å². The summed E-state index contributed by atoms with van der Waals surface area (Å²) in [5, 5.41) is 3.17. The number of nitrogens with one attached hydrogen (secondary N) is 1. The van der Waals surface area contributed by atoms with Gasteiger partial charge in [0, 0.05) is 36.7 Å². The lowest BCUT2D eigenvalue weighted by Gasteiger charge is -2.34. The zero-order valence-electron chi connectivity index (χ0n) is 15.7. The van der Waals surface area contributed by atoms with Gasteiger partial charge in [0.15, 0.2) is 0 Å². The van der Waals surface area contributed by atoms with Crippen LogP contribution < -0.4 is 5.32 Å². The van der Waals surface area contributed by atoms with Gasteiger partial charge >= 0.3 is 0 Å². The minimum Gasteiger partial charge on any atom is -0.352 e. The second kappa shape index (κ2) is 9.03. The molecule has 0 unspecified atom stereocenters. The van der Waals surface area contributed by atoms with E-state index in [0.29, 0.717) is 43.5 Å². The van der Waals surface area contributed by atoms with Crippen LogP contribution in [-0.4, -0.2) is 62.3 Å². The first-order valence-electron chi connectivity index (χ1n) is 9.64. The largest absolute Gasteiger partial charge is 0.352 e. The first kappa shape index (κ1) is 20.8. The normalized spacial score (nSPS) is 25.3. The molecule has 2 aliphatic rings. The van der Waals surface area contributed by atoms with Crippen LogP contribution in [0, 0.1) is 5.92 Å².